The molecule has 0 saturated heterocycles. The molecule has 0 amide bonds. The Labute approximate surface area is 104 Å². The van der Waals surface area contributed by atoms with Gasteiger partial charge in [0.2, 0.25) is 0 Å². The number of anilines is 1. The molecule has 0 aliphatic heterocycles. The van der Waals surface area contributed by atoms with E-state index < -0.39 is 0 Å². The number of aromatic nitrogens is 2. The van der Waals surface area contributed by atoms with Gasteiger partial charge in [-0.2, -0.15) is 5.10 Å². The topological polar surface area (TPSA) is 33.1 Å². The van der Waals surface area contributed by atoms with E-state index in [1.165, 1.54) is 31.2 Å². The Morgan fingerprint density at radius 2 is 2.06 bits per heavy atom. The van der Waals surface area contributed by atoms with Gasteiger partial charge in [0.05, 0.1) is 5.69 Å². The first-order valence-electron chi connectivity index (χ1n) is 6.54. The highest BCUT2D eigenvalue weighted by molar-refractivity contribution is 5.46. The fourth-order valence-electron chi connectivity index (χ4n) is 2.93. The van der Waals surface area contributed by atoms with Crippen LogP contribution >= 0.6 is 0 Å². The van der Waals surface area contributed by atoms with Crippen LogP contribution in [0.1, 0.15) is 36.9 Å². The van der Waals surface area contributed by atoms with Gasteiger partial charge in [0, 0.05) is 32.2 Å². The molecule has 1 heterocycles. The molecule has 4 heteroatoms. The summed E-state index contributed by atoms with van der Waals surface area (Å²) in [5.41, 5.74) is 2.48. The van der Waals surface area contributed by atoms with Crippen molar-refractivity contribution in [2.75, 3.05) is 19.4 Å². The molecule has 17 heavy (non-hydrogen) atoms. The molecule has 0 atom stereocenters. The van der Waals surface area contributed by atoms with Crippen molar-refractivity contribution in [3.05, 3.63) is 11.3 Å². The second kappa shape index (κ2) is 5.08. The maximum Gasteiger partial charge on any atom is 0.128 e. The van der Waals surface area contributed by atoms with Crippen LogP contribution < -0.4 is 5.32 Å². The lowest BCUT2D eigenvalue weighted by Crippen LogP contribution is -2.29. The van der Waals surface area contributed by atoms with Crippen LogP contribution in [0.25, 0.3) is 0 Å². The van der Waals surface area contributed by atoms with Crippen LogP contribution in [-0.4, -0.2) is 34.8 Å². The van der Waals surface area contributed by atoms with Crippen molar-refractivity contribution < 1.29 is 0 Å². The summed E-state index contributed by atoms with van der Waals surface area (Å²) in [5, 5.41) is 7.74. The van der Waals surface area contributed by atoms with Gasteiger partial charge in [-0.25, -0.2) is 0 Å². The van der Waals surface area contributed by atoms with Gasteiger partial charge in [0.1, 0.15) is 5.82 Å². The lowest BCUT2D eigenvalue weighted by Gasteiger charge is -2.24. The molecule has 4 nitrogen and oxygen atoms in total. The lowest BCUT2D eigenvalue weighted by molar-refractivity contribution is 0.237. The van der Waals surface area contributed by atoms with Gasteiger partial charge >= 0.3 is 0 Å². The molecule has 1 aromatic rings. The summed E-state index contributed by atoms with van der Waals surface area (Å²) in [5.74, 6) is 1.15. The first-order chi connectivity index (χ1) is 8.13. The molecule has 1 fully saturated rings. The van der Waals surface area contributed by atoms with Gasteiger partial charge in [0.15, 0.2) is 0 Å². The number of aryl methyl sites for hydroxylation is 2. The van der Waals surface area contributed by atoms with Crippen molar-refractivity contribution in [1.29, 1.82) is 0 Å². The van der Waals surface area contributed by atoms with E-state index in [1.54, 1.807) is 0 Å². The summed E-state index contributed by atoms with van der Waals surface area (Å²) < 4.78 is 1.94. The smallest absolute Gasteiger partial charge is 0.128 e. The fraction of sp³-hybridized carbons (Fsp3) is 0.769. The van der Waals surface area contributed by atoms with Crippen LogP contribution in [0.5, 0.6) is 0 Å². The lowest BCUT2D eigenvalue weighted by atomic mass is 10.1. The van der Waals surface area contributed by atoms with Crippen molar-refractivity contribution in [3.8, 4) is 0 Å². The van der Waals surface area contributed by atoms with Gasteiger partial charge in [-0.3, -0.25) is 9.58 Å². The Morgan fingerprint density at radius 3 is 2.65 bits per heavy atom. The predicted molar refractivity (Wildman–Crippen MR) is 71.2 cm³/mol. The predicted octanol–water partition coefficient (Wildman–Crippen LogP) is 2.14. The summed E-state index contributed by atoms with van der Waals surface area (Å²) in [4.78, 5) is 2.48. The molecule has 96 valence electrons. The van der Waals surface area contributed by atoms with E-state index in [9.17, 15) is 0 Å². The van der Waals surface area contributed by atoms with E-state index in [1.807, 2.05) is 18.8 Å². The van der Waals surface area contributed by atoms with Crippen molar-refractivity contribution in [3.63, 3.8) is 0 Å². The van der Waals surface area contributed by atoms with E-state index in [0.717, 1.165) is 24.1 Å². The van der Waals surface area contributed by atoms with Gasteiger partial charge in [-0.1, -0.05) is 12.8 Å². The third-order valence-corrected chi connectivity index (χ3v) is 3.94. The second-order valence-corrected chi connectivity index (χ2v) is 5.14. The van der Waals surface area contributed by atoms with E-state index in [4.69, 9.17) is 0 Å². The molecule has 1 aliphatic carbocycles. The average molecular weight is 236 g/mol. The number of hydrogen-bond acceptors (Lipinski definition) is 3. The minimum atomic E-state index is 0.763. The fourth-order valence-corrected chi connectivity index (χ4v) is 2.93. The Balaban J connectivity index is 2.11. The average Bonchev–Trinajstić information content (AvgIpc) is 2.88. The molecule has 1 aliphatic rings. The molecule has 0 spiro atoms. The van der Waals surface area contributed by atoms with E-state index in [-0.39, 0.29) is 0 Å². The second-order valence-electron chi connectivity index (χ2n) is 5.14. The van der Waals surface area contributed by atoms with Gasteiger partial charge in [0.25, 0.3) is 0 Å². The van der Waals surface area contributed by atoms with Crippen LogP contribution in [0.15, 0.2) is 0 Å². The maximum atomic E-state index is 4.49. The molecule has 0 bridgehead atoms. The molecule has 1 saturated carbocycles. The summed E-state index contributed by atoms with van der Waals surface area (Å²) in [6.45, 7) is 3.10. The monoisotopic (exact) mass is 236 g/mol. The number of nitrogens with zero attached hydrogens (tertiary/aromatic N) is 3. The van der Waals surface area contributed by atoms with E-state index >= 15 is 0 Å². The molecular weight excluding hydrogens is 212 g/mol. The van der Waals surface area contributed by atoms with Gasteiger partial charge in [-0.15, -0.1) is 0 Å². The number of hydrogen-bond donors (Lipinski definition) is 1. The van der Waals surface area contributed by atoms with Crippen molar-refractivity contribution in [2.45, 2.75) is 45.2 Å². The summed E-state index contributed by atoms with van der Waals surface area (Å²) in [7, 11) is 6.20. The minimum Gasteiger partial charge on any atom is -0.373 e. The molecule has 1 aromatic heterocycles. The van der Waals surface area contributed by atoms with Crippen LogP contribution in [-0.2, 0) is 13.6 Å². The normalized spacial score (nSPS) is 17.0. The van der Waals surface area contributed by atoms with Crippen molar-refractivity contribution >= 4 is 5.82 Å². The van der Waals surface area contributed by atoms with E-state index in [2.05, 4.69) is 29.3 Å². The number of rotatable bonds is 4. The van der Waals surface area contributed by atoms with Crippen LogP contribution in [0.3, 0.4) is 0 Å². The van der Waals surface area contributed by atoms with Gasteiger partial charge < -0.3 is 5.32 Å². The Kier molecular flexibility index (Phi) is 3.72. The summed E-state index contributed by atoms with van der Waals surface area (Å²) in [6.07, 6.45) is 5.48. The van der Waals surface area contributed by atoms with Gasteiger partial charge in [-0.05, 0) is 26.8 Å². The van der Waals surface area contributed by atoms with Crippen molar-refractivity contribution in [2.24, 2.45) is 7.05 Å². The first kappa shape index (κ1) is 12.4. The molecular formula is C13H24N4. The first-order valence-corrected chi connectivity index (χ1v) is 6.54. The van der Waals surface area contributed by atoms with Crippen LogP contribution in [0, 0.1) is 6.92 Å². The molecule has 0 aromatic carbocycles. The highest BCUT2D eigenvalue weighted by atomic mass is 15.3. The highest BCUT2D eigenvalue weighted by Gasteiger charge is 2.22. The molecule has 0 unspecified atom stereocenters. The number of nitrogens with one attached hydrogen (secondary N) is 1. The molecule has 0 radical (unpaired) electrons. The van der Waals surface area contributed by atoms with Crippen molar-refractivity contribution in [1.82, 2.24) is 14.7 Å². The van der Waals surface area contributed by atoms with E-state index in [0.29, 0.717) is 0 Å². The molecule has 1 N–H and O–H groups in total. The minimum absolute atomic E-state index is 0.763. The third kappa shape index (κ3) is 2.46. The standard InChI is InChI=1S/C13H24N4/c1-10-12(13(14-2)17(4)15-10)9-16(3)11-7-5-6-8-11/h11,14H,5-9H2,1-4H3. The van der Waals surface area contributed by atoms with Crippen LogP contribution in [0.4, 0.5) is 5.82 Å². The molecule has 2 rings (SSSR count). The Hall–Kier alpha value is -1.03. The summed E-state index contributed by atoms with van der Waals surface area (Å²) in [6, 6.07) is 0.763. The zero-order valence-corrected chi connectivity index (χ0v) is 11.5. The Morgan fingerprint density at radius 1 is 1.41 bits per heavy atom. The summed E-state index contributed by atoms with van der Waals surface area (Å²) >= 11 is 0. The largest absolute Gasteiger partial charge is 0.373 e. The van der Waals surface area contributed by atoms with Crippen LogP contribution in [0.2, 0.25) is 0 Å². The SMILES string of the molecule is CNc1c(CN(C)C2CCCC2)c(C)nn1C. The zero-order chi connectivity index (χ0) is 12.4. The quantitative estimate of drug-likeness (QED) is 0.869. The highest BCUT2D eigenvalue weighted by Crippen LogP contribution is 2.26. The zero-order valence-electron chi connectivity index (χ0n) is 11.5. The third-order valence-electron chi connectivity index (χ3n) is 3.94. The Bertz CT molecular complexity index is 377. The maximum absolute atomic E-state index is 4.49.